The van der Waals surface area contributed by atoms with E-state index in [2.05, 4.69) is 69.3 Å². The first-order valence-electron chi connectivity index (χ1n) is 8.33. The van der Waals surface area contributed by atoms with E-state index < -0.39 is 0 Å². The van der Waals surface area contributed by atoms with E-state index in [0.29, 0.717) is 5.92 Å². The molecular formula is C21H28. The summed E-state index contributed by atoms with van der Waals surface area (Å²) >= 11 is 0. The number of hydrogen-bond donors (Lipinski definition) is 0. The molecule has 0 saturated heterocycles. The maximum Gasteiger partial charge on any atom is -0.0193 e. The van der Waals surface area contributed by atoms with Gasteiger partial charge in [-0.25, -0.2) is 0 Å². The lowest BCUT2D eigenvalue weighted by molar-refractivity contribution is 0.724. The Morgan fingerprint density at radius 2 is 1.24 bits per heavy atom. The summed E-state index contributed by atoms with van der Waals surface area (Å²) in [4.78, 5) is 0. The molecule has 0 bridgehead atoms. The number of unbranched alkanes of at least 4 members (excludes halogenated alkanes) is 1. The van der Waals surface area contributed by atoms with E-state index in [9.17, 15) is 0 Å². The van der Waals surface area contributed by atoms with Gasteiger partial charge >= 0.3 is 0 Å². The summed E-state index contributed by atoms with van der Waals surface area (Å²) in [5.74, 6) is 0.681. The molecule has 2 rings (SSSR count). The summed E-state index contributed by atoms with van der Waals surface area (Å²) in [7, 11) is 0. The van der Waals surface area contributed by atoms with E-state index in [1.54, 1.807) is 0 Å². The fourth-order valence-electron chi connectivity index (χ4n) is 2.66. The lowest BCUT2D eigenvalue weighted by Crippen LogP contribution is -1.93. The van der Waals surface area contributed by atoms with Crippen molar-refractivity contribution in [3.63, 3.8) is 0 Å². The van der Waals surface area contributed by atoms with E-state index in [1.807, 2.05) is 0 Å². The van der Waals surface area contributed by atoms with Crippen LogP contribution < -0.4 is 0 Å². The molecule has 0 aromatic heterocycles. The molecule has 1 atom stereocenters. The van der Waals surface area contributed by atoms with Crippen molar-refractivity contribution in [2.24, 2.45) is 0 Å². The van der Waals surface area contributed by atoms with Gasteiger partial charge in [0.25, 0.3) is 0 Å². The maximum atomic E-state index is 2.31. The van der Waals surface area contributed by atoms with Gasteiger partial charge in [-0.15, -0.1) is 0 Å². The Labute approximate surface area is 130 Å². The van der Waals surface area contributed by atoms with Crippen molar-refractivity contribution in [3.05, 3.63) is 70.8 Å². The topological polar surface area (TPSA) is 0 Å². The van der Waals surface area contributed by atoms with Crippen molar-refractivity contribution < 1.29 is 0 Å². The van der Waals surface area contributed by atoms with Crippen LogP contribution in [0.25, 0.3) is 0 Å². The molecule has 0 amide bonds. The zero-order valence-electron chi connectivity index (χ0n) is 13.7. The molecule has 0 aliphatic rings. The molecule has 0 nitrogen and oxygen atoms in total. The Hall–Kier alpha value is -1.56. The van der Waals surface area contributed by atoms with Crippen molar-refractivity contribution in [1.29, 1.82) is 0 Å². The smallest absolute Gasteiger partial charge is 0.0193 e. The Balaban J connectivity index is 1.74. The second-order valence-electron chi connectivity index (χ2n) is 6.24. The lowest BCUT2D eigenvalue weighted by atomic mass is 9.96. The molecular weight excluding hydrogens is 252 g/mol. The summed E-state index contributed by atoms with van der Waals surface area (Å²) in [5, 5.41) is 0. The Kier molecular flexibility index (Phi) is 6.04. The van der Waals surface area contributed by atoms with Crippen LogP contribution in [0.15, 0.2) is 48.5 Å². The van der Waals surface area contributed by atoms with E-state index in [4.69, 9.17) is 0 Å². The molecule has 0 aliphatic carbocycles. The van der Waals surface area contributed by atoms with Crippen LogP contribution in [0, 0.1) is 6.92 Å². The fourth-order valence-corrected chi connectivity index (χ4v) is 2.66. The minimum Gasteiger partial charge on any atom is -0.0648 e. The second kappa shape index (κ2) is 8.02. The third-order valence-corrected chi connectivity index (χ3v) is 4.46. The molecule has 0 N–H and O–H groups in total. The Bertz CT molecular complexity index is 519. The molecule has 21 heavy (non-hydrogen) atoms. The zero-order chi connectivity index (χ0) is 15.1. The molecule has 0 spiro atoms. The van der Waals surface area contributed by atoms with Gasteiger partial charge in [-0.2, -0.15) is 0 Å². The van der Waals surface area contributed by atoms with Crippen LogP contribution >= 0.6 is 0 Å². The summed E-state index contributed by atoms with van der Waals surface area (Å²) < 4.78 is 0. The zero-order valence-corrected chi connectivity index (χ0v) is 13.7. The highest BCUT2D eigenvalue weighted by Gasteiger charge is 2.02. The molecule has 2 aromatic carbocycles. The first kappa shape index (κ1) is 15.8. The van der Waals surface area contributed by atoms with Crippen molar-refractivity contribution in [1.82, 2.24) is 0 Å². The van der Waals surface area contributed by atoms with Crippen LogP contribution in [-0.4, -0.2) is 0 Å². The van der Waals surface area contributed by atoms with E-state index in [1.165, 1.54) is 54.4 Å². The van der Waals surface area contributed by atoms with Gasteiger partial charge in [0.2, 0.25) is 0 Å². The quantitative estimate of drug-likeness (QED) is 0.540. The molecule has 0 heteroatoms. The predicted molar refractivity (Wildman–Crippen MR) is 93.0 cm³/mol. The summed E-state index contributed by atoms with van der Waals surface area (Å²) in [6.45, 7) is 6.70. The third-order valence-electron chi connectivity index (χ3n) is 4.46. The van der Waals surface area contributed by atoms with Gasteiger partial charge < -0.3 is 0 Å². The summed E-state index contributed by atoms with van der Waals surface area (Å²) in [6, 6.07) is 18.2. The standard InChI is InChI=1S/C21H28/c1-4-18(3)21-15-13-20(14-16-21)8-6-5-7-19-11-9-17(2)10-12-19/h9-16,18H,4-8H2,1-3H3. The maximum absolute atomic E-state index is 2.31. The van der Waals surface area contributed by atoms with Gasteiger partial charge in [0.05, 0.1) is 0 Å². The molecule has 0 radical (unpaired) electrons. The van der Waals surface area contributed by atoms with Gasteiger partial charge in [0.15, 0.2) is 0 Å². The van der Waals surface area contributed by atoms with Crippen LogP contribution in [0.4, 0.5) is 0 Å². The van der Waals surface area contributed by atoms with Crippen LogP contribution in [0.5, 0.6) is 0 Å². The molecule has 112 valence electrons. The van der Waals surface area contributed by atoms with Crippen molar-refractivity contribution >= 4 is 0 Å². The average molecular weight is 280 g/mol. The van der Waals surface area contributed by atoms with Crippen LogP contribution in [0.2, 0.25) is 0 Å². The minimum atomic E-state index is 0.681. The first-order valence-corrected chi connectivity index (χ1v) is 8.33. The van der Waals surface area contributed by atoms with Gasteiger partial charge in [-0.1, -0.05) is 67.9 Å². The summed E-state index contributed by atoms with van der Waals surface area (Å²) in [5.41, 5.74) is 5.76. The van der Waals surface area contributed by atoms with Gasteiger partial charge in [-0.05, 0) is 61.6 Å². The van der Waals surface area contributed by atoms with E-state index in [-0.39, 0.29) is 0 Å². The Morgan fingerprint density at radius 1 is 0.762 bits per heavy atom. The molecule has 0 fully saturated rings. The highest BCUT2D eigenvalue weighted by molar-refractivity contribution is 5.25. The Morgan fingerprint density at radius 3 is 1.71 bits per heavy atom. The van der Waals surface area contributed by atoms with Gasteiger partial charge in [0, 0.05) is 0 Å². The van der Waals surface area contributed by atoms with Crippen molar-refractivity contribution in [3.8, 4) is 0 Å². The molecule has 0 saturated carbocycles. The largest absolute Gasteiger partial charge is 0.0648 e. The highest BCUT2D eigenvalue weighted by atomic mass is 14.1. The average Bonchev–Trinajstić information content (AvgIpc) is 2.53. The molecule has 2 aromatic rings. The van der Waals surface area contributed by atoms with Crippen LogP contribution in [-0.2, 0) is 12.8 Å². The van der Waals surface area contributed by atoms with Gasteiger partial charge in [-0.3, -0.25) is 0 Å². The van der Waals surface area contributed by atoms with Crippen molar-refractivity contribution in [2.45, 2.75) is 58.8 Å². The van der Waals surface area contributed by atoms with E-state index >= 15 is 0 Å². The number of rotatable bonds is 7. The number of benzene rings is 2. The third kappa shape index (κ3) is 5.04. The first-order chi connectivity index (χ1) is 10.2. The SMILES string of the molecule is CCC(C)c1ccc(CCCCc2ccc(C)cc2)cc1. The fraction of sp³-hybridized carbons (Fsp3) is 0.429. The van der Waals surface area contributed by atoms with Crippen LogP contribution in [0.3, 0.4) is 0 Å². The molecule has 1 unspecified atom stereocenters. The van der Waals surface area contributed by atoms with E-state index in [0.717, 1.165) is 0 Å². The second-order valence-corrected chi connectivity index (χ2v) is 6.24. The lowest BCUT2D eigenvalue weighted by Gasteiger charge is -2.09. The minimum absolute atomic E-state index is 0.681. The van der Waals surface area contributed by atoms with Gasteiger partial charge in [0.1, 0.15) is 0 Å². The molecule has 0 heterocycles. The number of aryl methyl sites for hydroxylation is 3. The predicted octanol–water partition coefficient (Wildman–Crippen LogP) is 6.07. The van der Waals surface area contributed by atoms with Crippen molar-refractivity contribution in [2.75, 3.05) is 0 Å². The number of hydrogen-bond acceptors (Lipinski definition) is 0. The summed E-state index contributed by atoms with van der Waals surface area (Å²) in [6.07, 6.45) is 6.17. The molecule has 0 aliphatic heterocycles. The highest BCUT2D eigenvalue weighted by Crippen LogP contribution is 2.19. The van der Waals surface area contributed by atoms with Crippen LogP contribution in [0.1, 0.15) is 61.3 Å². The monoisotopic (exact) mass is 280 g/mol. The normalized spacial score (nSPS) is 12.3.